The van der Waals surface area contributed by atoms with Crippen molar-refractivity contribution in [3.63, 3.8) is 0 Å². The molecule has 0 N–H and O–H groups in total. The minimum Gasteiger partial charge on any atom is -0.469 e. The largest absolute Gasteiger partial charge is 0.469 e. The number of methoxy groups -OCH3 is 1. The van der Waals surface area contributed by atoms with Crippen LogP contribution < -0.4 is 0 Å². The van der Waals surface area contributed by atoms with Crippen LogP contribution in [-0.2, 0) is 33.4 Å². The van der Waals surface area contributed by atoms with Crippen molar-refractivity contribution in [3.8, 4) is 0 Å². The third kappa shape index (κ3) is 3.13. The van der Waals surface area contributed by atoms with Gasteiger partial charge in [0.2, 0.25) is 0 Å². The first-order valence-electron chi connectivity index (χ1n) is 11.5. The Bertz CT molecular complexity index is 806. The van der Waals surface area contributed by atoms with Gasteiger partial charge in [-0.2, -0.15) is 0 Å². The Labute approximate surface area is 183 Å². The van der Waals surface area contributed by atoms with Gasteiger partial charge in [-0.15, -0.1) is 0 Å². The van der Waals surface area contributed by atoms with Crippen LogP contribution in [0.15, 0.2) is 0 Å². The molecule has 11 atom stereocenters. The molecule has 4 fully saturated rings. The maximum absolute atomic E-state index is 13.1. The van der Waals surface area contributed by atoms with Gasteiger partial charge in [-0.3, -0.25) is 19.2 Å². The number of carbonyl (C=O) groups is 4. The van der Waals surface area contributed by atoms with Gasteiger partial charge in [0.15, 0.2) is 0 Å². The predicted octanol–water partition coefficient (Wildman–Crippen LogP) is 2.85. The van der Waals surface area contributed by atoms with Gasteiger partial charge in [-0.05, 0) is 55.3 Å². The van der Waals surface area contributed by atoms with E-state index in [1.807, 2.05) is 6.92 Å². The van der Waals surface area contributed by atoms with E-state index in [0.717, 1.165) is 6.42 Å². The second-order valence-corrected chi connectivity index (χ2v) is 10.8. The Morgan fingerprint density at radius 3 is 2.19 bits per heavy atom. The number of fused-ring (bicyclic) bond motifs is 2. The molecule has 172 valence electrons. The molecule has 2 heterocycles. The summed E-state index contributed by atoms with van der Waals surface area (Å²) in [6.45, 7) is 10.5. The molecule has 4 rings (SSSR count). The third-order valence-electron chi connectivity index (χ3n) is 9.46. The fourth-order valence-corrected chi connectivity index (χ4v) is 7.52. The standard InChI is InChI=1S/C24H34O7/c1-10-9-30-20(25)16(10)8-24(5,23(28)29-6)19-18(21(26)31-22(19)27)17-13(4)14-7-15(17)12(3)11(14)2/h10-19H,7-9H2,1-6H3. The maximum Gasteiger partial charge on any atom is 0.318 e. The molecule has 31 heavy (non-hydrogen) atoms. The van der Waals surface area contributed by atoms with Crippen LogP contribution in [0.2, 0.25) is 0 Å². The number of ether oxygens (including phenoxy) is 3. The summed E-state index contributed by atoms with van der Waals surface area (Å²) in [7, 11) is 1.28. The van der Waals surface area contributed by atoms with Crippen molar-refractivity contribution in [3.05, 3.63) is 0 Å². The van der Waals surface area contributed by atoms with Crippen LogP contribution in [0.3, 0.4) is 0 Å². The van der Waals surface area contributed by atoms with Gasteiger partial charge in [0.25, 0.3) is 0 Å². The first kappa shape index (κ1) is 22.3. The summed E-state index contributed by atoms with van der Waals surface area (Å²) in [4.78, 5) is 51.5. The molecule has 0 amide bonds. The van der Waals surface area contributed by atoms with Crippen LogP contribution >= 0.6 is 0 Å². The highest BCUT2D eigenvalue weighted by molar-refractivity contribution is 6.00. The highest BCUT2D eigenvalue weighted by Crippen LogP contribution is 2.63. The molecule has 2 saturated carbocycles. The molecule has 7 heteroatoms. The molecule has 0 aromatic heterocycles. The molecular weight excluding hydrogens is 400 g/mol. The van der Waals surface area contributed by atoms with Gasteiger partial charge < -0.3 is 14.2 Å². The van der Waals surface area contributed by atoms with Crippen molar-refractivity contribution in [1.29, 1.82) is 0 Å². The summed E-state index contributed by atoms with van der Waals surface area (Å²) in [5, 5.41) is 0. The lowest BCUT2D eigenvalue weighted by Crippen LogP contribution is -2.49. The van der Waals surface area contributed by atoms with E-state index in [1.165, 1.54) is 7.11 Å². The van der Waals surface area contributed by atoms with Gasteiger partial charge in [0.05, 0.1) is 36.9 Å². The number of hydrogen-bond acceptors (Lipinski definition) is 7. The van der Waals surface area contributed by atoms with Gasteiger partial charge in [-0.1, -0.05) is 27.7 Å². The summed E-state index contributed by atoms with van der Waals surface area (Å²) in [6, 6.07) is 0. The zero-order valence-corrected chi connectivity index (χ0v) is 19.3. The first-order valence-corrected chi connectivity index (χ1v) is 11.5. The lowest BCUT2D eigenvalue weighted by Gasteiger charge is -2.42. The molecular formula is C24H34O7. The summed E-state index contributed by atoms with van der Waals surface area (Å²) >= 11 is 0. The summed E-state index contributed by atoms with van der Waals surface area (Å²) in [5.41, 5.74) is -1.35. The lowest BCUT2D eigenvalue weighted by molar-refractivity contribution is -0.166. The lowest BCUT2D eigenvalue weighted by atomic mass is 9.58. The smallest absolute Gasteiger partial charge is 0.318 e. The molecule has 2 aliphatic carbocycles. The number of carbonyl (C=O) groups excluding carboxylic acids is 4. The van der Waals surface area contributed by atoms with E-state index < -0.39 is 41.1 Å². The SMILES string of the molecule is COC(=O)C(C)(CC1C(=O)OCC1C)C1C(=O)OC(=O)C1C1C(C)C2CC1C(C)C2C. The monoisotopic (exact) mass is 434 g/mol. The highest BCUT2D eigenvalue weighted by atomic mass is 16.6. The minimum absolute atomic E-state index is 0.0166. The topological polar surface area (TPSA) is 96.0 Å². The molecule has 0 aromatic carbocycles. The quantitative estimate of drug-likeness (QED) is 0.373. The summed E-state index contributed by atoms with van der Waals surface area (Å²) < 4.78 is 15.5. The molecule has 4 aliphatic rings. The predicted molar refractivity (Wildman–Crippen MR) is 109 cm³/mol. The van der Waals surface area contributed by atoms with Crippen LogP contribution in [0.4, 0.5) is 0 Å². The Morgan fingerprint density at radius 2 is 1.65 bits per heavy atom. The van der Waals surface area contributed by atoms with Crippen molar-refractivity contribution in [2.24, 2.45) is 64.6 Å². The number of esters is 4. The van der Waals surface area contributed by atoms with Crippen LogP contribution in [0.25, 0.3) is 0 Å². The van der Waals surface area contributed by atoms with Gasteiger partial charge in [0.1, 0.15) is 0 Å². The molecule has 0 aromatic rings. The molecule has 11 unspecified atom stereocenters. The Balaban J connectivity index is 1.73. The van der Waals surface area contributed by atoms with E-state index in [-0.39, 0.29) is 36.8 Å². The van der Waals surface area contributed by atoms with Crippen LogP contribution in [0, 0.1) is 64.6 Å². The van der Waals surface area contributed by atoms with Crippen LogP contribution in [-0.4, -0.2) is 37.6 Å². The Morgan fingerprint density at radius 1 is 1.00 bits per heavy atom. The minimum atomic E-state index is -1.35. The van der Waals surface area contributed by atoms with Gasteiger partial charge in [0, 0.05) is 5.92 Å². The van der Waals surface area contributed by atoms with Crippen molar-refractivity contribution >= 4 is 23.9 Å². The third-order valence-corrected chi connectivity index (χ3v) is 9.46. The second kappa shape index (κ2) is 7.59. The van der Waals surface area contributed by atoms with E-state index in [1.54, 1.807) is 6.92 Å². The van der Waals surface area contributed by atoms with Crippen LogP contribution in [0.1, 0.15) is 47.5 Å². The van der Waals surface area contributed by atoms with Crippen molar-refractivity contribution in [2.45, 2.75) is 47.5 Å². The Kier molecular flexibility index (Phi) is 5.46. The van der Waals surface area contributed by atoms with E-state index in [9.17, 15) is 19.2 Å². The van der Waals surface area contributed by atoms with E-state index in [0.29, 0.717) is 23.7 Å². The zero-order chi connectivity index (χ0) is 22.8. The van der Waals surface area contributed by atoms with Crippen molar-refractivity contribution in [1.82, 2.24) is 0 Å². The average Bonchev–Trinajstić information content (AvgIpc) is 3.40. The van der Waals surface area contributed by atoms with Crippen molar-refractivity contribution < 1.29 is 33.4 Å². The van der Waals surface area contributed by atoms with E-state index >= 15 is 0 Å². The highest BCUT2D eigenvalue weighted by Gasteiger charge is 2.66. The Hall–Kier alpha value is -1.92. The number of rotatable bonds is 5. The number of hydrogen-bond donors (Lipinski definition) is 0. The zero-order valence-electron chi connectivity index (χ0n) is 19.3. The fourth-order valence-electron chi connectivity index (χ4n) is 7.52. The number of cyclic esters (lactones) is 3. The molecule has 2 saturated heterocycles. The maximum atomic E-state index is 13.1. The normalized spacial score (nSPS) is 46.1. The average molecular weight is 435 g/mol. The van der Waals surface area contributed by atoms with Gasteiger partial charge >= 0.3 is 23.9 Å². The molecule has 2 aliphatic heterocycles. The molecule has 2 bridgehead atoms. The summed E-state index contributed by atoms with van der Waals surface area (Å²) in [5.74, 6) is -2.31. The first-order chi connectivity index (χ1) is 14.5. The molecule has 0 spiro atoms. The molecule has 7 nitrogen and oxygen atoms in total. The fraction of sp³-hybridized carbons (Fsp3) is 0.833. The van der Waals surface area contributed by atoms with Gasteiger partial charge in [-0.25, -0.2) is 0 Å². The van der Waals surface area contributed by atoms with E-state index in [4.69, 9.17) is 14.2 Å². The van der Waals surface area contributed by atoms with E-state index in [2.05, 4.69) is 20.8 Å². The second-order valence-electron chi connectivity index (χ2n) is 10.8. The van der Waals surface area contributed by atoms with Crippen LogP contribution in [0.5, 0.6) is 0 Å². The summed E-state index contributed by atoms with van der Waals surface area (Å²) in [6.07, 6.45) is 1.14. The van der Waals surface area contributed by atoms with Crippen molar-refractivity contribution in [2.75, 3.05) is 13.7 Å². The molecule has 0 radical (unpaired) electrons.